The second-order valence-electron chi connectivity index (χ2n) is 6.65. The number of rotatable bonds is 6. The third-order valence-corrected chi connectivity index (χ3v) is 6.07. The van der Waals surface area contributed by atoms with Crippen molar-refractivity contribution in [2.75, 3.05) is 12.4 Å². The molecule has 0 saturated carbocycles. The SMILES string of the molecule is C[C@H](C(=O)Nc1sc2c(c1C(N)=O)CCC2)[NH+](C)Cc1ccccc1. The lowest BCUT2D eigenvalue weighted by atomic mass is 10.1. The Balaban J connectivity index is 1.71. The van der Waals surface area contributed by atoms with Crippen LogP contribution in [0.3, 0.4) is 0 Å². The van der Waals surface area contributed by atoms with Crippen LogP contribution in [0.5, 0.6) is 0 Å². The van der Waals surface area contributed by atoms with Crippen molar-refractivity contribution in [2.45, 2.75) is 38.8 Å². The molecule has 132 valence electrons. The van der Waals surface area contributed by atoms with Gasteiger partial charge in [0, 0.05) is 10.4 Å². The van der Waals surface area contributed by atoms with Gasteiger partial charge in [0.2, 0.25) is 0 Å². The predicted molar refractivity (Wildman–Crippen MR) is 100.0 cm³/mol. The molecule has 0 bridgehead atoms. The largest absolute Gasteiger partial charge is 0.365 e. The lowest BCUT2D eigenvalue weighted by Crippen LogP contribution is -3.12. The summed E-state index contributed by atoms with van der Waals surface area (Å²) in [5.41, 5.74) is 8.29. The van der Waals surface area contributed by atoms with Gasteiger partial charge in [0.15, 0.2) is 6.04 Å². The van der Waals surface area contributed by atoms with Crippen molar-refractivity contribution in [2.24, 2.45) is 5.73 Å². The molecule has 0 radical (unpaired) electrons. The minimum absolute atomic E-state index is 0.0872. The number of primary amides is 1. The molecule has 2 aromatic rings. The number of hydrogen-bond donors (Lipinski definition) is 3. The first kappa shape index (κ1) is 17.6. The Bertz CT molecular complexity index is 785. The van der Waals surface area contributed by atoms with E-state index in [9.17, 15) is 9.59 Å². The van der Waals surface area contributed by atoms with Crippen LogP contribution in [0.15, 0.2) is 30.3 Å². The maximum Gasteiger partial charge on any atom is 0.282 e. The van der Waals surface area contributed by atoms with Crippen LogP contribution in [0.1, 0.15) is 39.7 Å². The molecule has 2 amide bonds. The highest BCUT2D eigenvalue weighted by Gasteiger charge is 2.29. The van der Waals surface area contributed by atoms with Crippen LogP contribution in [-0.2, 0) is 24.2 Å². The molecule has 0 spiro atoms. The van der Waals surface area contributed by atoms with Gasteiger partial charge in [-0.3, -0.25) is 9.59 Å². The van der Waals surface area contributed by atoms with Crippen LogP contribution >= 0.6 is 11.3 Å². The van der Waals surface area contributed by atoms with E-state index in [2.05, 4.69) is 17.4 Å². The van der Waals surface area contributed by atoms with Gasteiger partial charge in [-0.25, -0.2) is 0 Å². The molecule has 1 unspecified atom stereocenters. The minimum Gasteiger partial charge on any atom is -0.365 e. The van der Waals surface area contributed by atoms with Gasteiger partial charge < -0.3 is 16.0 Å². The lowest BCUT2D eigenvalue weighted by molar-refractivity contribution is -0.907. The molecule has 1 heterocycles. The first-order valence-electron chi connectivity index (χ1n) is 8.58. The average Bonchev–Trinajstić information content (AvgIpc) is 3.15. The molecule has 1 aliphatic rings. The second-order valence-corrected chi connectivity index (χ2v) is 7.75. The van der Waals surface area contributed by atoms with Gasteiger partial charge in [-0.15, -0.1) is 11.3 Å². The van der Waals surface area contributed by atoms with Gasteiger partial charge in [-0.2, -0.15) is 0 Å². The molecule has 1 aromatic heterocycles. The number of amides is 2. The molecule has 0 saturated heterocycles. The smallest absolute Gasteiger partial charge is 0.282 e. The number of thiophene rings is 1. The van der Waals surface area contributed by atoms with Gasteiger partial charge in [0.25, 0.3) is 11.8 Å². The summed E-state index contributed by atoms with van der Waals surface area (Å²) in [5, 5.41) is 3.56. The highest BCUT2D eigenvalue weighted by atomic mass is 32.1. The number of carbonyl (C=O) groups is 2. The van der Waals surface area contributed by atoms with Gasteiger partial charge >= 0.3 is 0 Å². The maximum absolute atomic E-state index is 12.7. The highest BCUT2D eigenvalue weighted by Crippen LogP contribution is 2.38. The van der Waals surface area contributed by atoms with E-state index in [1.807, 2.05) is 32.2 Å². The van der Waals surface area contributed by atoms with E-state index >= 15 is 0 Å². The van der Waals surface area contributed by atoms with E-state index in [1.165, 1.54) is 21.8 Å². The fourth-order valence-corrected chi connectivity index (χ4v) is 4.57. The summed E-state index contributed by atoms with van der Waals surface area (Å²) in [6.07, 6.45) is 2.88. The normalized spacial score (nSPS) is 15.4. The summed E-state index contributed by atoms with van der Waals surface area (Å²) >= 11 is 1.50. The maximum atomic E-state index is 12.7. The molecule has 3 rings (SSSR count). The van der Waals surface area contributed by atoms with E-state index in [1.54, 1.807) is 0 Å². The van der Waals surface area contributed by atoms with Crippen LogP contribution in [0, 0.1) is 0 Å². The number of aryl methyl sites for hydroxylation is 1. The summed E-state index contributed by atoms with van der Waals surface area (Å²) < 4.78 is 0. The third kappa shape index (κ3) is 3.75. The number of anilines is 1. The predicted octanol–water partition coefficient (Wildman–Crippen LogP) is 1.38. The average molecular weight is 358 g/mol. The topological polar surface area (TPSA) is 76.6 Å². The van der Waals surface area contributed by atoms with Crippen LogP contribution in [0.4, 0.5) is 5.00 Å². The van der Waals surface area contributed by atoms with E-state index in [0.29, 0.717) is 10.6 Å². The standard InChI is InChI=1S/C19H23N3O2S/c1-12(22(2)11-13-7-4-3-5-8-13)18(24)21-19-16(17(20)23)14-9-6-10-15(14)25-19/h3-5,7-8,12H,6,9-11H2,1-2H3,(H2,20,23)(H,21,24)/p+1/t12-/m1/s1. The Morgan fingerprint density at radius 3 is 2.68 bits per heavy atom. The number of carbonyl (C=O) groups excluding carboxylic acids is 2. The van der Waals surface area contributed by atoms with Crippen molar-refractivity contribution in [1.29, 1.82) is 0 Å². The lowest BCUT2D eigenvalue weighted by Gasteiger charge is -2.21. The van der Waals surface area contributed by atoms with Crippen LogP contribution in [0.25, 0.3) is 0 Å². The van der Waals surface area contributed by atoms with E-state index in [0.717, 1.165) is 36.3 Å². The monoisotopic (exact) mass is 358 g/mol. The van der Waals surface area contributed by atoms with Crippen LogP contribution < -0.4 is 16.0 Å². The number of fused-ring (bicyclic) bond motifs is 1. The van der Waals surface area contributed by atoms with Gasteiger partial charge in [-0.05, 0) is 31.7 Å². The number of nitrogens with two attached hydrogens (primary N) is 1. The molecule has 1 aromatic carbocycles. The zero-order chi connectivity index (χ0) is 18.0. The first-order chi connectivity index (χ1) is 12.0. The summed E-state index contributed by atoms with van der Waals surface area (Å²) in [5.74, 6) is -0.539. The number of quaternary nitrogens is 1. The number of nitrogens with one attached hydrogen (secondary N) is 2. The summed E-state index contributed by atoms with van der Waals surface area (Å²) in [7, 11) is 2.00. The Morgan fingerprint density at radius 1 is 1.28 bits per heavy atom. The van der Waals surface area contributed by atoms with Crippen molar-refractivity contribution in [3.63, 3.8) is 0 Å². The summed E-state index contributed by atoms with van der Waals surface area (Å²) in [4.78, 5) is 26.8. The van der Waals surface area contributed by atoms with E-state index in [4.69, 9.17) is 5.73 Å². The fraction of sp³-hybridized carbons (Fsp3) is 0.368. The van der Waals surface area contributed by atoms with Crippen LogP contribution in [0.2, 0.25) is 0 Å². The number of likely N-dealkylation sites (N-methyl/N-ethyl adjacent to an activating group) is 1. The fourth-order valence-electron chi connectivity index (χ4n) is 3.27. The van der Waals surface area contributed by atoms with E-state index < -0.39 is 5.91 Å². The van der Waals surface area contributed by atoms with Crippen molar-refractivity contribution in [3.05, 3.63) is 51.9 Å². The molecular formula is C19H24N3O2S+. The Hall–Kier alpha value is -2.18. The molecular weight excluding hydrogens is 334 g/mol. The third-order valence-electron chi connectivity index (χ3n) is 4.86. The van der Waals surface area contributed by atoms with Crippen molar-refractivity contribution < 1.29 is 14.5 Å². The number of benzene rings is 1. The Morgan fingerprint density at radius 2 is 2.00 bits per heavy atom. The molecule has 25 heavy (non-hydrogen) atoms. The minimum atomic E-state index is -0.452. The quantitative estimate of drug-likeness (QED) is 0.730. The molecule has 6 heteroatoms. The molecule has 0 aliphatic heterocycles. The van der Waals surface area contributed by atoms with Crippen molar-refractivity contribution >= 4 is 28.2 Å². The molecule has 4 N–H and O–H groups in total. The van der Waals surface area contributed by atoms with Gasteiger partial charge in [0.05, 0.1) is 12.6 Å². The first-order valence-corrected chi connectivity index (χ1v) is 9.40. The van der Waals surface area contributed by atoms with Crippen molar-refractivity contribution in [1.82, 2.24) is 0 Å². The molecule has 2 atom stereocenters. The zero-order valence-electron chi connectivity index (χ0n) is 14.6. The highest BCUT2D eigenvalue weighted by molar-refractivity contribution is 7.17. The second kappa shape index (κ2) is 7.37. The summed E-state index contributed by atoms with van der Waals surface area (Å²) in [6.45, 7) is 2.66. The molecule has 1 aliphatic carbocycles. The van der Waals surface area contributed by atoms with Gasteiger partial charge in [-0.1, -0.05) is 30.3 Å². The van der Waals surface area contributed by atoms with Gasteiger partial charge in [0.1, 0.15) is 11.5 Å². The Kier molecular flexibility index (Phi) is 5.20. The summed E-state index contributed by atoms with van der Waals surface area (Å²) in [6, 6.07) is 9.86. The van der Waals surface area contributed by atoms with E-state index in [-0.39, 0.29) is 11.9 Å². The molecule has 0 fully saturated rings. The zero-order valence-corrected chi connectivity index (χ0v) is 15.4. The molecule has 5 nitrogen and oxygen atoms in total. The number of hydrogen-bond acceptors (Lipinski definition) is 3. The Labute approximate surface area is 151 Å². The van der Waals surface area contributed by atoms with Crippen molar-refractivity contribution in [3.8, 4) is 0 Å². The van der Waals surface area contributed by atoms with Crippen LogP contribution in [-0.4, -0.2) is 24.9 Å².